The van der Waals surface area contributed by atoms with Gasteiger partial charge in [-0.15, -0.1) is 0 Å². The van der Waals surface area contributed by atoms with Gasteiger partial charge in [-0.25, -0.2) is 0 Å². The topological polar surface area (TPSA) is 38.0 Å². The first-order valence-electron chi connectivity index (χ1n) is 7.90. The van der Waals surface area contributed by atoms with Gasteiger partial charge >= 0.3 is 0 Å². The minimum Gasteiger partial charge on any atom is -0.329 e. The third-order valence-electron chi connectivity index (χ3n) is 4.79. The average Bonchev–Trinajstić information content (AvgIpc) is 3.22. The van der Waals surface area contributed by atoms with Crippen molar-refractivity contribution in [1.82, 2.24) is 5.32 Å². The summed E-state index contributed by atoms with van der Waals surface area (Å²) in [7, 11) is 0. The second kappa shape index (κ2) is 6.06. The number of nitrogens with two attached hydrogens (primary N) is 1. The molecular weight excluding hydrogens is 232 g/mol. The fourth-order valence-electron chi connectivity index (χ4n) is 3.00. The van der Waals surface area contributed by atoms with Gasteiger partial charge in [-0.1, -0.05) is 43.5 Å². The Labute approximate surface area is 116 Å². The van der Waals surface area contributed by atoms with Crippen molar-refractivity contribution in [2.75, 3.05) is 13.1 Å². The molecule has 3 N–H and O–H groups in total. The Morgan fingerprint density at radius 1 is 1.11 bits per heavy atom. The van der Waals surface area contributed by atoms with E-state index in [0.717, 1.165) is 18.4 Å². The van der Waals surface area contributed by atoms with Crippen molar-refractivity contribution in [1.29, 1.82) is 0 Å². The first-order chi connectivity index (χ1) is 9.36. The van der Waals surface area contributed by atoms with E-state index in [4.69, 9.17) is 5.73 Å². The van der Waals surface area contributed by atoms with Gasteiger partial charge in [0, 0.05) is 12.6 Å². The molecule has 1 atom stereocenters. The molecule has 1 aromatic carbocycles. The summed E-state index contributed by atoms with van der Waals surface area (Å²) in [6, 6.07) is 9.45. The van der Waals surface area contributed by atoms with Gasteiger partial charge in [0.2, 0.25) is 0 Å². The van der Waals surface area contributed by atoms with Gasteiger partial charge in [0.05, 0.1) is 0 Å². The van der Waals surface area contributed by atoms with Crippen LogP contribution in [0.25, 0.3) is 0 Å². The summed E-state index contributed by atoms with van der Waals surface area (Å²) < 4.78 is 0. The van der Waals surface area contributed by atoms with Crippen molar-refractivity contribution in [2.24, 2.45) is 11.7 Å². The summed E-state index contributed by atoms with van der Waals surface area (Å²) in [4.78, 5) is 0. The molecule has 0 bridgehead atoms. The van der Waals surface area contributed by atoms with E-state index in [2.05, 4.69) is 29.6 Å². The van der Waals surface area contributed by atoms with E-state index < -0.39 is 0 Å². The monoisotopic (exact) mass is 258 g/mol. The number of hydrogen-bond acceptors (Lipinski definition) is 2. The zero-order valence-electron chi connectivity index (χ0n) is 11.8. The maximum absolute atomic E-state index is 5.92. The second-order valence-corrected chi connectivity index (χ2v) is 6.27. The molecule has 0 aromatic heterocycles. The summed E-state index contributed by atoms with van der Waals surface area (Å²) in [5.41, 5.74) is 8.77. The minimum absolute atomic E-state index is 0.327. The molecule has 2 aliphatic rings. The number of nitrogens with one attached hydrogen (secondary N) is 1. The van der Waals surface area contributed by atoms with Crippen LogP contribution in [0.15, 0.2) is 24.3 Å². The molecule has 2 nitrogen and oxygen atoms in total. The van der Waals surface area contributed by atoms with Crippen molar-refractivity contribution in [3.05, 3.63) is 35.4 Å². The van der Waals surface area contributed by atoms with Crippen molar-refractivity contribution < 1.29 is 0 Å². The predicted octanol–water partition coefficient (Wildman–Crippen LogP) is 3.34. The molecule has 19 heavy (non-hydrogen) atoms. The van der Waals surface area contributed by atoms with Gasteiger partial charge in [0.15, 0.2) is 0 Å². The van der Waals surface area contributed by atoms with Crippen LogP contribution in [0, 0.1) is 5.92 Å². The van der Waals surface area contributed by atoms with Gasteiger partial charge in [-0.2, -0.15) is 0 Å². The molecule has 2 heteroatoms. The van der Waals surface area contributed by atoms with E-state index in [9.17, 15) is 0 Å². The molecule has 2 aliphatic carbocycles. The van der Waals surface area contributed by atoms with Crippen LogP contribution in [0.4, 0.5) is 0 Å². The molecule has 1 unspecified atom stereocenters. The lowest BCUT2D eigenvalue weighted by atomic mass is 9.83. The molecule has 3 rings (SSSR count). The summed E-state index contributed by atoms with van der Waals surface area (Å²) >= 11 is 0. The van der Waals surface area contributed by atoms with Crippen LogP contribution in [0.2, 0.25) is 0 Å². The van der Waals surface area contributed by atoms with Crippen molar-refractivity contribution in [3.8, 4) is 0 Å². The number of rotatable bonds is 7. The van der Waals surface area contributed by atoms with Crippen LogP contribution in [-0.2, 0) is 0 Å². The molecule has 0 heterocycles. The van der Waals surface area contributed by atoms with Gasteiger partial charge in [0.25, 0.3) is 0 Å². The highest BCUT2D eigenvalue weighted by Crippen LogP contribution is 2.40. The Morgan fingerprint density at radius 3 is 2.37 bits per heavy atom. The van der Waals surface area contributed by atoms with Gasteiger partial charge in [-0.05, 0) is 48.8 Å². The Balaban J connectivity index is 1.51. The lowest BCUT2D eigenvalue weighted by Gasteiger charge is -2.26. The van der Waals surface area contributed by atoms with E-state index in [1.54, 1.807) is 0 Å². The SMILES string of the molecule is NCC(NCCC1CCC1)c1ccc(C2CC2)cc1. The molecule has 2 saturated carbocycles. The highest BCUT2D eigenvalue weighted by Gasteiger charge is 2.23. The minimum atomic E-state index is 0.327. The van der Waals surface area contributed by atoms with Crippen LogP contribution in [0.3, 0.4) is 0 Å². The maximum Gasteiger partial charge on any atom is 0.0444 e. The number of hydrogen-bond donors (Lipinski definition) is 2. The van der Waals surface area contributed by atoms with E-state index in [1.165, 1.54) is 49.7 Å². The summed E-state index contributed by atoms with van der Waals surface area (Å²) in [5.74, 6) is 1.82. The highest BCUT2D eigenvalue weighted by molar-refractivity contribution is 5.29. The Hall–Kier alpha value is -0.860. The Bertz CT molecular complexity index is 390. The standard InChI is InChI=1S/C17H26N2/c18-12-17(19-11-10-13-2-1-3-13)16-8-6-15(7-9-16)14-4-5-14/h6-9,13-14,17,19H,1-5,10-12,18H2. The fourth-order valence-corrected chi connectivity index (χ4v) is 3.00. The molecule has 0 aliphatic heterocycles. The lowest BCUT2D eigenvalue weighted by molar-refractivity contribution is 0.288. The Kier molecular flexibility index (Phi) is 4.19. The van der Waals surface area contributed by atoms with Gasteiger partial charge in [-0.3, -0.25) is 0 Å². The fraction of sp³-hybridized carbons (Fsp3) is 0.647. The van der Waals surface area contributed by atoms with E-state index in [0.29, 0.717) is 12.6 Å². The van der Waals surface area contributed by atoms with Crippen molar-refractivity contribution in [3.63, 3.8) is 0 Å². The summed E-state index contributed by atoms with van der Waals surface area (Å²) in [5, 5.41) is 3.62. The summed E-state index contributed by atoms with van der Waals surface area (Å²) in [6.45, 7) is 1.80. The zero-order valence-corrected chi connectivity index (χ0v) is 11.8. The van der Waals surface area contributed by atoms with Gasteiger partial charge < -0.3 is 11.1 Å². The highest BCUT2D eigenvalue weighted by atomic mass is 14.9. The normalized spacial score (nSPS) is 21.1. The van der Waals surface area contributed by atoms with Crippen LogP contribution in [0.5, 0.6) is 0 Å². The zero-order chi connectivity index (χ0) is 13.1. The van der Waals surface area contributed by atoms with Crippen molar-refractivity contribution in [2.45, 2.75) is 50.5 Å². The van der Waals surface area contributed by atoms with Crippen LogP contribution in [0.1, 0.15) is 61.6 Å². The lowest BCUT2D eigenvalue weighted by Crippen LogP contribution is -2.30. The van der Waals surface area contributed by atoms with Crippen LogP contribution >= 0.6 is 0 Å². The Morgan fingerprint density at radius 2 is 1.84 bits per heavy atom. The second-order valence-electron chi connectivity index (χ2n) is 6.27. The van der Waals surface area contributed by atoms with Crippen LogP contribution in [-0.4, -0.2) is 13.1 Å². The third-order valence-corrected chi connectivity index (χ3v) is 4.79. The average molecular weight is 258 g/mol. The summed E-state index contributed by atoms with van der Waals surface area (Å²) in [6.07, 6.45) is 8.37. The molecule has 0 spiro atoms. The molecule has 0 amide bonds. The third kappa shape index (κ3) is 3.37. The number of benzene rings is 1. The first kappa shape index (κ1) is 13.1. The predicted molar refractivity (Wildman–Crippen MR) is 80.2 cm³/mol. The van der Waals surface area contributed by atoms with E-state index >= 15 is 0 Å². The first-order valence-corrected chi connectivity index (χ1v) is 7.90. The van der Waals surface area contributed by atoms with Crippen LogP contribution < -0.4 is 11.1 Å². The van der Waals surface area contributed by atoms with Crippen molar-refractivity contribution >= 4 is 0 Å². The molecule has 1 aromatic rings. The molecule has 2 fully saturated rings. The molecule has 104 valence electrons. The molecule has 0 radical (unpaired) electrons. The maximum atomic E-state index is 5.92. The van der Waals surface area contributed by atoms with E-state index in [-0.39, 0.29) is 0 Å². The quantitative estimate of drug-likeness (QED) is 0.787. The van der Waals surface area contributed by atoms with E-state index in [1.807, 2.05) is 0 Å². The molecule has 0 saturated heterocycles. The molecular formula is C17H26N2. The van der Waals surface area contributed by atoms with Gasteiger partial charge in [0.1, 0.15) is 0 Å². The smallest absolute Gasteiger partial charge is 0.0444 e. The largest absolute Gasteiger partial charge is 0.329 e.